The Balaban J connectivity index is 2.53. The number of hydrogen-bond donors (Lipinski definition) is 2. The lowest BCUT2D eigenvalue weighted by molar-refractivity contribution is -0.146. The van der Waals surface area contributed by atoms with Gasteiger partial charge in [-0.2, -0.15) is 0 Å². The smallest absolute Gasteiger partial charge is 0.407 e. The molecule has 0 saturated heterocycles. The second-order valence-corrected chi connectivity index (χ2v) is 10.7. The summed E-state index contributed by atoms with van der Waals surface area (Å²) in [6.45, 7) is 15.4. The van der Waals surface area contributed by atoms with Gasteiger partial charge in [-0.05, 0) is 51.4 Å². The van der Waals surface area contributed by atoms with Gasteiger partial charge < -0.3 is 39.1 Å². The van der Waals surface area contributed by atoms with E-state index in [1.54, 1.807) is 0 Å². The molecule has 0 radical (unpaired) electrons. The summed E-state index contributed by atoms with van der Waals surface area (Å²) in [6, 6.07) is 0. The van der Waals surface area contributed by atoms with Gasteiger partial charge in [-0.1, -0.05) is 26.3 Å². The standard InChI is InChI=1S/C30H42N2O12/c1-7-23(33)41-17-29(5,18-42-24(34)8-2)31-27(37)39-15-21-11-13-22(14-12-21)16-40-28(38)32-30(6,19-43-25(35)9-3)20-44-26(36)10-4/h7-10,21-22H,1-4,11-20H2,5-6H3,(H,31,37)(H,32,38). The number of esters is 4. The molecule has 44 heavy (non-hydrogen) atoms. The molecule has 1 saturated carbocycles. The molecule has 2 N–H and O–H groups in total. The molecule has 0 aromatic heterocycles. The average molecular weight is 623 g/mol. The Morgan fingerprint density at radius 3 is 1.02 bits per heavy atom. The first-order valence-corrected chi connectivity index (χ1v) is 13.8. The van der Waals surface area contributed by atoms with E-state index in [1.807, 2.05) is 0 Å². The number of carbonyl (C=O) groups excluding carboxylic acids is 6. The summed E-state index contributed by atoms with van der Waals surface area (Å²) < 4.78 is 30.8. The minimum Gasteiger partial charge on any atom is -0.460 e. The lowest BCUT2D eigenvalue weighted by Gasteiger charge is -2.31. The van der Waals surface area contributed by atoms with Gasteiger partial charge in [0.25, 0.3) is 0 Å². The molecule has 0 bridgehead atoms. The summed E-state index contributed by atoms with van der Waals surface area (Å²) in [4.78, 5) is 70.9. The molecular formula is C30H42N2O12. The van der Waals surface area contributed by atoms with Crippen molar-refractivity contribution >= 4 is 36.1 Å². The molecule has 1 aliphatic carbocycles. The highest BCUT2D eigenvalue weighted by atomic mass is 16.6. The molecule has 14 nitrogen and oxygen atoms in total. The van der Waals surface area contributed by atoms with Crippen LogP contribution in [-0.4, -0.2) is 86.8 Å². The van der Waals surface area contributed by atoms with Gasteiger partial charge in [0, 0.05) is 24.3 Å². The number of ether oxygens (including phenoxy) is 6. The van der Waals surface area contributed by atoms with Crippen molar-refractivity contribution in [1.29, 1.82) is 0 Å². The molecular weight excluding hydrogens is 580 g/mol. The summed E-state index contributed by atoms with van der Waals surface area (Å²) in [5.41, 5.74) is -2.53. The third kappa shape index (κ3) is 15.0. The number of alkyl carbamates (subject to hydrolysis) is 2. The van der Waals surface area contributed by atoms with Crippen LogP contribution in [0.2, 0.25) is 0 Å². The van der Waals surface area contributed by atoms with Crippen LogP contribution in [0.3, 0.4) is 0 Å². The van der Waals surface area contributed by atoms with Gasteiger partial charge in [-0.3, -0.25) is 0 Å². The van der Waals surface area contributed by atoms with Gasteiger partial charge in [0.2, 0.25) is 0 Å². The van der Waals surface area contributed by atoms with Crippen LogP contribution >= 0.6 is 0 Å². The maximum Gasteiger partial charge on any atom is 0.407 e. The molecule has 1 rings (SSSR count). The zero-order valence-electron chi connectivity index (χ0n) is 25.3. The minimum absolute atomic E-state index is 0.0663. The molecule has 0 aromatic carbocycles. The summed E-state index contributed by atoms with van der Waals surface area (Å²) >= 11 is 0. The van der Waals surface area contributed by atoms with Crippen LogP contribution in [0.5, 0.6) is 0 Å². The average Bonchev–Trinajstić information content (AvgIpc) is 3.02. The van der Waals surface area contributed by atoms with Crippen molar-refractivity contribution < 1.29 is 57.2 Å². The monoisotopic (exact) mass is 622 g/mol. The first-order chi connectivity index (χ1) is 20.8. The topological polar surface area (TPSA) is 182 Å². The predicted octanol–water partition coefficient (Wildman–Crippen LogP) is 2.68. The lowest BCUT2D eigenvalue weighted by atomic mass is 9.83. The quantitative estimate of drug-likeness (QED) is 0.130. The van der Waals surface area contributed by atoms with Crippen molar-refractivity contribution in [3.63, 3.8) is 0 Å². The fraction of sp³-hybridized carbons (Fsp3) is 0.533. The van der Waals surface area contributed by atoms with Crippen molar-refractivity contribution in [2.45, 2.75) is 50.6 Å². The van der Waals surface area contributed by atoms with Gasteiger partial charge in [0.1, 0.15) is 37.5 Å². The van der Waals surface area contributed by atoms with Gasteiger partial charge in [0.05, 0.1) is 13.2 Å². The number of hydrogen-bond acceptors (Lipinski definition) is 12. The van der Waals surface area contributed by atoms with Crippen molar-refractivity contribution in [2.75, 3.05) is 39.6 Å². The van der Waals surface area contributed by atoms with E-state index in [4.69, 9.17) is 28.4 Å². The molecule has 0 aromatic rings. The van der Waals surface area contributed by atoms with Crippen molar-refractivity contribution in [1.82, 2.24) is 10.6 Å². The molecule has 0 atom stereocenters. The Kier molecular flexibility index (Phi) is 16.0. The summed E-state index contributed by atoms with van der Waals surface area (Å²) in [5.74, 6) is -2.71. The van der Waals surface area contributed by atoms with Crippen LogP contribution in [0.15, 0.2) is 50.6 Å². The second kappa shape index (κ2) is 18.8. The molecule has 14 heteroatoms. The third-order valence-corrected chi connectivity index (χ3v) is 6.47. The van der Waals surface area contributed by atoms with Crippen LogP contribution in [0, 0.1) is 11.8 Å². The summed E-state index contributed by atoms with van der Waals surface area (Å²) in [6.07, 6.45) is 5.14. The Bertz CT molecular complexity index is 946. The normalized spacial score (nSPS) is 16.1. The van der Waals surface area contributed by atoms with Crippen LogP contribution in [-0.2, 0) is 47.6 Å². The fourth-order valence-corrected chi connectivity index (χ4v) is 3.90. The second-order valence-electron chi connectivity index (χ2n) is 10.7. The molecule has 0 spiro atoms. The van der Waals surface area contributed by atoms with E-state index in [1.165, 1.54) is 13.8 Å². The predicted molar refractivity (Wildman–Crippen MR) is 156 cm³/mol. The number of amides is 2. The highest BCUT2D eigenvalue weighted by Crippen LogP contribution is 2.29. The van der Waals surface area contributed by atoms with Crippen molar-refractivity contribution in [3.8, 4) is 0 Å². The molecule has 244 valence electrons. The maximum absolute atomic E-state index is 12.5. The lowest BCUT2D eigenvalue weighted by Crippen LogP contribution is -2.54. The van der Waals surface area contributed by atoms with Crippen molar-refractivity contribution in [3.05, 3.63) is 50.6 Å². The highest BCUT2D eigenvalue weighted by Gasteiger charge is 2.33. The molecule has 0 unspecified atom stereocenters. The number of rotatable bonds is 18. The zero-order valence-corrected chi connectivity index (χ0v) is 25.3. The van der Waals surface area contributed by atoms with Crippen molar-refractivity contribution in [2.24, 2.45) is 11.8 Å². The van der Waals surface area contributed by atoms with E-state index in [0.29, 0.717) is 25.7 Å². The Morgan fingerprint density at radius 2 is 0.795 bits per heavy atom. The Morgan fingerprint density at radius 1 is 0.545 bits per heavy atom. The van der Waals surface area contributed by atoms with E-state index in [9.17, 15) is 28.8 Å². The van der Waals surface area contributed by atoms with Gasteiger partial charge in [-0.25, -0.2) is 28.8 Å². The minimum atomic E-state index is -1.26. The fourth-order valence-electron chi connectivity index (χ4n) is 3.90. The highest BCUT2D eigenvalue weighted by molar-refractivity contribution is 5.82. The summed E-state index contributed by atoms with van der Waals surface area (Å²) in [5, 5.41) is 5.15. The van der Waals surface area contributed by atoms with Gasteiger partial charge >= 0.3 is 36.1 Å². The molecule has 1 fully saturated rings. The Labute approximate surface area is 256 Å². The SMILES string of the molecule is C=CC(=O)OCC(C)(COC(=O)C=C)NC(=O)OCC1CCC(COC(=O)NC(C)(COC(=O)C=C)COC(=O)C=C)CC1. The molecule has 0 heterocycles. The van der Waals surface area contributed by atoms with Crippen LogP contribution in [0.4, 0.5) is 9.59 Å². The van der Waals surface area contributed by atoms with Crippen LogP contribution in [0.1, 0.15) is 39.5 Å². The third-order valence-electron chi connectivity index (χ3n) is 6.47. The van der Waals surface area contributed by atoms with Crippen LogP contribution in [0.25, 0.3) is 0 Å². The number of carbonyl (C=O) groups is 6. The molecule has 0 aliphatic heterocycles. The first kappa shape index (κ1) is 37.4. The van der Waals surface area contributed by atoms with Gasteiger partial charge in [-0.15, -0.1) is 0 Å². The first-order valence-electron chi connectivity index (χ1n) is 13.8. The van der Waals surface area contributed by atoms with E-state index in [0.717, 1.165) is 24.3 Å². The van der Waals surface area contributed by atoms with E-state index in [-0.39, 0.29) is 51.5 Å². The number of nitrogens with one attached hydrogen (secondary N) is 2. The largest absolute Gasteiger partial charge is 0.460 e. The van der Waals surface area contributed by atoms with E-state index in [2.05, 4.69) is 36.9 Å². The maximum atomic E-state index is 12.5. The Hall–Kier alpha value is -4.62. The molecule has 2 amide bonds. The molecule has 1 aliphatic rings. The van der Waals surface area contributed by atoms with Gasteiger partial charge in [0.15, 0.2) is 0 Å². The zero-order chi connectivity index (χ0) is 33.2. The summed E-state index contributed by atoms with van der Waals surface area (Å²) in [7, 11) is 0. The van der Waals surface area contributed by atoms with E-state index < -0.39 is 47.1 Å². The van der Waals surface area contributed by atoms with E-state index >= 15 is 0 Å². The van der Waals surface area contributed by atoms with Crippen LogP contribution < -0.4 is 10.6 Å².